The van der Waals surface area contributed by atoms with Crippen molar-refractivity contribution in [3.8, 4) is 0 Å². The molecule has 3 amide bonds. The number of piperidine rings is 2. The maximum atomic E-state index is 13.5. The number of benzene rings is 2. The molecule has 42 heavy (non-hydrogen) atoms. The quantitative estimate of drug-likeness (QED) is 0.422. The molecule has 2 aliphatic heterocycles. The third-order valence-electron chi connectivity index (χ3n) is 8.34. The van der Waals surface area contributed by atoms with Gasteiger partial charge in [-0.3, -0.25) is 14.4 Å². The molecule has 0 saturated carbocycles. The Morgan fingerprint density at radius 1 is 0.810 bits per heavy atom. The van der Waals surface area contributed by atoms with Gasteiger partial charge in [0.25, 0.3) is 5.91 Å². The largest absolute Gasteiger partial charge is 0.416 e. The second-order valence-electron chi connectivity index (χ2n) is 11.1. The van der Waals surface area contributed by atoms with Crippen molar-refractivity contribution in [2.75, 3.05) is 33.2 Å². The molecular formula is C30H33F6N3O3. The fourth-order valence-electron chi connectivity index (χ4n) is 5.88. The minimum Gasteiger partial charge on any atom is -0.343 e. The summed E-state index contributed by atoms with van der Waals surface area (Å²) in [6.45, 7) is 4.85. The number of amides is 3. The Balaban J connectivity index is 1.61. The van der Waals surface area contributed by atoms with Crippen molar-refractivity contribution < 1.29 is 40.7 Å². The van der Waals surface area contributed by atoms with Crippen molar-refractivity contribution in [1.82, 2.24) is 14.7 Å². The summed E-state index contributed by atoms with van der Waals surface area (Å²) in [6.07, 6.45) is -8.81. The summed E-state index contributed by atoms with van der Waals surface area (Å²) >= 11 is 0. The van der Waals surface area contributed by atoms with Crippen molar-refractivity contribution in [3.63, 3.8) is 0 Å². The van der Waals surface area contributed by atoms with Gasteiger partial charge in [-0.2, -0.15) is 26.3 Å². The highest BCUT2D eigenvalue weighted by molar-refractivity contribution is 5.95. The number of carbonyl (C=O) groups is 3. The first-order chi connectivity index (χ1) is 19.6. The Morgan fingerprint density at radius 3 is 1.83 bits per heavy atom. The minimum absolute atomic E-state index is 0.00310. The first-order valence-electron chi connectivity index (χ1n) is 13.7. The second-order valence-corrected chi connectivity index (χ2v) is 11.1. The van der Waals surface area contributed by atoms with Gasteiger partial charge in [-0.25, -0.2) is 0 Å². The third-order valence-corrected chi connectivity index (χ3v) is 8.34. The van der Waals surface area contributed by atoms with Crippen molar-refractivity contribution >= 4 is 17.7 Å². The Hall–Kier alpha value is -3.57. The van der Waals surface area contributed by atoms with E-state index in [2.05, 4.69) is 0 Å². The van der Waals surface area contributed by atoms with Crippen LogP contribution < -0.4 is 0 Å². The number of rotatable bonds is 4. The predicted molar refractivity (Wildman–Crippen MR) is 142 cm³/mol. The number of hydrogen-bond donors (Lipinski definition) is 0. The first kappa shape index (κ1) is 31.4. The maximum absolute atomic E-state index is 13.5. The highest BCUT2D eigenvalue weighted by Gasteiger charge is 2.41. The molecule has 0 aliphatic carbocycles. The van der Waals surface area contributed by atoms with Gasteiger partial charge in [0.1, 0.15) is 0 Å². The van der Waals surface area contributed by atoms with Crippen LogP contribution in [0.15, 0.2) is 42.5 Å². The average molecular weight is 598 g/mol. The molecule has 228 valence electrons. The molecule has 0 radical (unpaired) electrons. The number of carbonyl (C=O) groups excluding carboxylic acids is 3. The highest BCUT2D eigenvalue weighted by atomic mass is 19.4. The smallest absolute Gasteiger partial charge is 0.343 e. The molecule has 0 bridgehead atoms. The van der Waals surface area contributed by atoms with Crippen molar-refractivity contribution in [2.24, 2.45) is 5.92 Å². The van der Waals surface area contributed by atoms with Crippen LogP contribution >= 0.6 is 0 Å². The fraction of sp³-hybridized carbons (Fsp3) is 0.500. The van der Waals surface area contributed by atoms with Gasteiger partial charge in [-0.1, -0.05) is 29.8 Å². The molecule has 2 fully saturated rings. The summed E-state index contributed by atoms with van der Waals surface area (Å²) in [5.74, 6) is -1.76. The summed E-state index contributed by atoms with van der Waals surface area (Å²) < 4.78 is 80.7. The third kappa shape index (κ3) is 6.90. The average Bonchev–Trinajstić information content (AvgIpc) is 2.95. The predicted octanol–water partition coefficient (Wildman–Crippen LogP) is 5.75. The molecule has 2 heterocycles. The fourth-order valence-corrected chi connectivity index (χ4v) is 5.88. The standard InChI is InChI=1S/C30H33F6N3O3/c1-18-4-6-20(7-5-18)25-17-39(28(42)21-8-11-38(12-9-21)19(2)40)13-10-26(25)37(3)27(41)22-14-23(29(31,32)33)16-24(15-22)30(34,35)36/h4-7,14-16,21,25-26H,8-13,17H2,1-3H3. The van der Waals surface area contributed by atoms with Gasteiger partial charge in [0, 0.05) is 63.6 Å². The maximum Gasteiger partial charge on any atom is 0.416 e. The van der Waals surface area contributed by atoms with E-state index in [1.165, 1.54) is 18.9 Å². The lowest BCUT2D eigenvalue weighted by atomic mass is 9.83. The van der Waals surface area contributed by atoms with Crippen LogP contribution in [-0.2, 0) is 21.9 Å². The van der Waals surface area contributed by atoms with Gasteiger partial charge in [-0.05, 0) is 49.9 Å². The molecule has 2 aromatic carbocycles. The lowest BCUT2D eigenvalue weighted by molar-refractivity contribution is -0.143. The molecule has 2 saturated heterocycles. The lowest BCUT2D eigenvalue weighted by Gasteiger charge is -2.44. The van der Waals surface area contributed by atoms with Gasteiger partial charge in [0.05, 0.1) is 11.1 Å². The van der Waals surface area contributed by atoms with E-state index in [1.54, 1.807) is 9.80 Å². The topological polar surface area (TPSA) is 60.9 Å². The number of halogens is 6. The van der Waals surface area contributed by atoms with Crippen LogP contribution in [0.3, 0.4) is 0 Å². The van der Waals surface area contributed by atoms with Crippen LogP contribution in [0.2, 0.25) is 0 Å². The molecule has 0 aromatic heterocycles. The zero-order chi connectivity index (χ0) is 31.0. The number of aryl methyl sites for hydroxylation is 1. The van der Waals surface area contributed by atoms with Crippen molar-refractivity contribution in [1.29, 1.82) is 0 Å². The molecule has 4 rings (SSSR count). The second kappa shape index (κ2) is 12.0. The Morgan fingerprint density at radius 2 is 1.33 bits per heavy atom. The number of hydrogen-bond acceptors (Lipinski definition) is 3. The molecule has 0 spiro atoms. The molecule has 2 atom stereocenters. The lowest BCUT2D eigenvalue weighted by Crippen LogP contribution is -2.53. The van der Waals surface area contributed by atoms with E-state index in [0.29, 0.717) is 38.1 Å². The number of nitrogens with zero attached hydrogens (tertiary/aromatic N) is 3. The van der Waals surface area contributed by atoms with Crippen LogP contribution in [-0.4, -0.2) is 71.7 Å². The molecule has 0 N–H and O–H groups in total. The van der Waals surface area contributed by atoms with E-state index in [1.807, 2.05) is 31.2 Å². The Bertz CT molecular complexity index is 1280. The summed E-state index contributed by atoms with van der Waals surface area (Å²) in [4.78, 5) is 43.2. The van der Waals surface area contributed by atoms with E-state index < -0.39 is 46.9 Å². The Kier molecular flexibility index (Phi) is 8.94. The van der Waals surface area contributed by atoms with Gasteiger partial charge < -0.3 is 14.7 Å². The van der Waals surface area contributed by atoms with Crippen LogP contribution in [0.25, 0.3) is 0 Å². The van der Waals surface area contributed by atoms with Crippen LogP contribution in [0.5, 0.6) is 0 Å². The van der Waals surface area contributed by atoms with Gasteiger partial charge in [0.15, 0.2) is 0 Å². The van der Waals surface area contributed by atoms with E-state index >= 15 is 0 Å². The van der Waals surface area contributed by atoms with Crippen molar-refractivity contribution in [3.05, 3.63) is 70.3 Å². The SMILES string of the molecule is CC(=O)N1CCC(C(=O)N2CCC(N(C)C(=O)c3cc(C(F)(F)F)cc(C(F)(F)F)c3)C(c3ccc(C)cc3)C2)CC1. The van der Waals surface area contributed by atoms with E-state index in [4.69, 9.17) is 0 Å². The van der Waals surface area contributed by atoms with Crippen molar-refractivity contribution in [2.45, 2.75) is 57.4 Å². The number of likely N-dealkylation sites (tertiary alicyclic amines) is 2. The summed E-state index contributed by atoms with van der Waals surface area (Å²) in [6, 6.07) is 7.75. The molecule has 2 aliphatic rings. The van der Waals surface area contributed by atoms with E-state index in [9.17, 15) is 40.7 Å². The van der Waals surface area contributed by atoms with Crippen LogP contribution in [0.4, 0.5) is 26.3 Å². The molecule has 12 heteroatoms. The minimum atomic E-state index is -5.08. The zero-order valence-corrected chi connectivity index (χ0v) is 23.6. The van der Waals surface area contributed by atoms with Gasteiger partial charge in [-0.15, -0.1) is 0 Å². The first-order valence-corrected chi connectivity index (χ1v) is 13.7. The van der Waals surface area contributed by atoms with Gasteiger partial charge in [0.2, 0.25) is 11.8 Å². The molecule has 2 unspecified atom stereocenters. The molecular weight excluding hydrogens is 564 g/mol. The summed E-state index contributed by atoms with van der Waals surface area (Å²) in [7, 11) is 1.37. The summed E-state index contributed by atoms with van der Waals surface area (Å²) in [5.41, 5.74) is -2.04. The molecule has 2 aromatic rings. The monoisotopic (exact) mass is 597 g/mol. The Labute approximate surface area is 240 Å². The normalized spacial score (nSPS) is 20.4. The number of likely N-dealkylation sites (N-methyl/N-ethyl adjacent to an activating group) is 1. The van der Waals surface area contributed by atoms with Crippen LogP contribution in [0.1, 0.15) is 64.7 Å². The van der Waals surface area contributed by atoms with Crippen LogP contribution in [0, 0.1) is 12.8 Å². The zero-order valence-electron chi connectivity index (χ0n) is 23.6. The van der Waals surface area contributed by atoms with E-state index in [0.717, 1.165) is 11.1 Å². The van der Waals surface area contributed by atoms with E-state index in [-0.39, 0.29) is 43.3 Å². The summed E-state index contributed by atoms with van der Waals surface area (Å²) in [5, 5.41) is 0. The highest BCUT2D eigenvalue weighted by Crippen LogP contribution is 2.38. The molecule has 6 nitrogen and oxygen atoms in total. The number of alkyl halides is 6. The van der Waals surface area contributed by atoms with Gasteiger partial charge >= 0.3 is 12.4 Å².